The summed E-state index contributed by atoms with van der Waals surface area (Å²) in [4.78, 5) is 14.8. The molecule has 7 heteroatoms. The average molecular weight is 403 g/mol. The van der Waals surface area contributed by atoms with Gasteiger partial charge in [0.1, 0.15) is 18.2 Å². The number of benzene rings is 2. The lowest BCUT2D eigenvalue weighted by atomic mass is 10.1. The minimum absolute atomic E-state index is 0.00604. The van der Waals surface area contributed by atoms with E-state index < -0.39 is 0 Å². The first kappa shape index (κ1) is 18.8. The highest BCUT2D eigenvalue weighted by molar-refractivity contribution is 5.93. The van der Waals surface area contributed by atoms with E-state index in [-0.39, 0.29) is 6.61 Å². The summed E-state index contributed by atoms with van der Waals surface area (Å²) in [6.07, 6.45) is 4.85. The molecule has 7 nitrogen and oxygen atoms in total. The second-order valence-corrected chi connectivity index (χ2v) is 7.70. The van der Waals surface area contributed by atoms with Crippen LogP contribution in [0.2, 0.25) is 0 Å². The third-order valence-electron chi connectivity index (χ3n) is 5.55. The quantitative estimate of drug-likeness (QED) is 0.439. The Hall–Kier alpha value is -3.16. The van der Waals surface area contributed by atoms with Crippen LogP contribution < -0.4 is 10.1 Å². The van der Waals surface area contributed by atoms with Crippen LogP contribution in [0.25, 0.3) is 21.8 Å². The van der Waals surface area contributed by atoms with Gasteiger partial charge in [-0.05, 0) is 30.7 Å². The van der Waals surface area contributed by atoms with Crippen LogP contribution in [0.5, 0.6) is 5.75 Å². The molecule has 3 N–H and O–H groups in total. The first-order chi connectivity index (χ1) is 14.8. The van der Waals surface area contributed by atoms with E-state index in [1.807, 2.05) is 30.6 Å². The molecule has 0 amide bonds. The van der Waals surface area contributed by atoms with Crippen LogP contribution >= 0.6 is 0 Å². The minimum Gasteiger partial charge on any atom is -0.491 e. The molecule has 3 heterocycles. The van der Waals surface area contributed by atoms with Gasteiger partial charge in [-0.2, -0.15) is 0 Å². The van der Waals surface area contributed by atoms with E-state index in [1.54, 1.807) is 0 Å². The summed E-state index contributed by atoms with van der Waals surface area (Å²) in [6, 6.07) is 14.6. The molecule has 1 saturated heterocycles. The maximum absolute atomic E-state index is 8.91. The van der Waals surface area contributed by atoms with E-state index >= 15 is 0 Å². The Morgan fingerprint density at radius 2 is 2.20 bits per heavy atom. The first-order valence-electron chi connectivity index (χ1n) is 10.3. The van der Waals surface area contributed by atoms with Crippen LogP contribution in [0.4, 0.5) is 5.69 Å². The standard InChI is InChI=1S/C23H25N5O2/c29-10-11-30-18-4-5-21-22(12-18)27-23(26-21)15-28-9-7-17(14-28)25-20-3-1-2-16-13-24-8-6-19(16)20/h1-6,8,12-13,17,25,29H,7,9-11,14-15H2,(H,26,27)/t17-/m1/s1. The summed E-state index contributed by atoms with van der Waals surface area (Å²) < 4.78 is 5.49. The van der Waals surface area contributed by atoms with E-state index in [9.17, 15) is 0 Å². The van der Waals surface area contributed by atoms with Crippen molar-refractivity contribution in [2.75, 3.05) is 31.6 Å². The fourth-order valence-corrected chi connectivity index (χ4v) is 4.14. The number of imidazole rings is 1. The molecule has 0 bridgehead atoms. The molecular formula is C23H25N5O2. The van der Waals surface area contributed by atoms with Gasteiger partial charge < -0.3 is 20.1 Å². The number of aliphatic hydroxyl groups excluding tert-OH is 1. The largest absolute Gasteiger partial charge is 0.491 e. The van der Waals surface area contributed by atoms with Gasteiger partial charge in [0, 0.05) is 54.1 Å². The lowest BCUT2D eigenvalue weighted by Gasteiger charge is -2.17. The lowest BCUT2D eigenvalue weighted by Crippen LogP contribution is -2.26. The zero-order valence-corrected chi connectivity index (χ0v) is 16.7. The van der Waals surface area contributed by atoms with E-state index in [2.05, 4.69) is 44.5 Å². The number of nitrogens with zero attached hydrogens (tertiary/aromatic N) is 3. The summed E-state index contributed by atoms with van der Waals surface area (Å²) in [5, 5.41) is 15.0. The highest BCUT2D eigenvalue weighted by Crippen LogP contribution is 2.25. The fraction of sp³-hybridized carbons (Fsp3) is 0.304. The van der Waals surface area contributed by atoms with E-state index in [1.165, 1.54) is 11.1 Å². The zero-order valence-electron chi connectivity index (χ0n) is 16.7. The molecule has 154 valence electrons. The molecule has 2 aromatic carbocycles. The van der Waals surface area contributed by atoms with E-state index in [0.717, 1.165) is 54.0 Å². The summed E-state index contributed by atoms with van der Waals surface area (Å²) >= 11 is 0. The van der Waals surface area contributed by atoms with Crippen molar-refractivity contribution >= 4 is 27.5 Å². The molecular weight excluding hydrogens is 378 g/mol. The van der Waals surface area contributed by atoms with Crippen molar-refractivity contribution in [3.05, 3.63) is 60.7 Å². The average Bonchev–Trinajstić information content (AvgIpc) is 3.38. The van der Waals surface area contributed by atoms with Gasteiger partial charge in [-0.3, -0.25) is 9.88 Å². The normalized spacial score (nSPS) is 17.0. The number of anilines is 1. The van der Waals surface area contributed by atoms with Crippen LogP contribution in [0, 0.1) is 0 Å². The molecule has 30 heavy (non-hydrogen) atoms. The van der Waals surface area contributed by atoms with Crippen LogP contribution in [-0.2, 0) is 6.54 Å². The monoisotopic (exact) mass is 403 g/mol. The van der Waals surface area contributed by atoms with Gasteiger partial charge in [0.2, 0.25) is 0 Å². The van der Waals surface area contributed by atoms with Gasteiger partial charge in [-0.1, -0.05) is 12.1 Å². The van der Waals surface area contributed by atoms with Crippen LogP contribution in [-0.4, -0.2) is 57.3 Å². The van der Waals surface area contributed by atoms with Gasteiger partial charge in [0.15, 0.2) is 0 Å². The number of ether oxygens (including phenoxy) is 1. The lowest BCUT2D eigenvalue weighted by molar-refractivity contribution is 0.201. The van der Waals surface area contributed by atoms with E-state index in [0.29, 0.717) is 12.6 Å². The second-order valence-electron chi connectivity index (χ2n) is 7.70. The first-order valence-corrected chi connectivity index (χ1v) is 10.3. The zero-order chi connectivity index (χ0) is 20.3. The highest BCUT2D eigenvalue weighted by Gasteiger charge is 2.23. The van der Waals surface area contributed by atoms with Crippen molar-refractivity contribution in [3.63, 3.8) is 0 Å². The minimum atomic E-state index is 0.00604. The third-order valence-corrected chi connectivity index (χ3v) is 5.55. The number of pyridine rings is 1. The van der Waals surface area contributed by atoms with Gasteiger partial charge >= 0.3 is 0 Å². The van der Waals surface area contributed by atoms with Crippen molar-refractivity contribution in [3.8, 4) is 5.75 Å². The topological polar surface area (TPSA) is 86.3 Å². The summed E-state index contributed by atoms with van der Waals surface area (Å²) in [5.74, 6) is 1.70. The fourth-order valence-electron chi connectivity index (χ4n) is 4.14. The SMILES string of the molecule is OCCOc1ccc2nc(CN3CC[C@@H](Nc4cccc5cnccc45)C3)[nH]c2c1. The number of H-pyrrole nitrogens is 1. The number of aromatic amines is 1. The number of rotatable bonds is 7. The number of nitrogens with one attached hydrogen (secondary N) is 2. The van der Waals surface area contributed by atoms with Crippen molar-refractivity contribution in [2.45, 2.75) is 19.0 Å². The Bertz CT molecular complexity index is 1150. The van der Waals surface area contributed by atoms with Gasteiger partial charge in [0.05, 0.1) is 24.2 Å². The predicted molar refractivity (Wildman–Crippen MR) is 118 cm³/mol. The summed E-state index contributed by atoms with van der Waals surface area (Å²) in [5.41, 5.74) is 3.05. The number of fused-ring (bicyclic) bond motifs is 2. The van der Waals surface area contributed by atoms with Crippen LogP contribution in [0.3, 0.4) is 0 Å². The summed E-state index contributed by atoms with van der Waals surface area (Å²) in [7, 11) is 0. The molecule has 0 aliphatic carbocycles. The molecule has 0 radical (unpaired) electrons. The molecule has 2 aromatic heterocycles. The number of aliphatic hydroxyl groups is 1. The molecule has 0 unspecified atom stereocenters. The molecule has 1 aliphatic heterocycles. The Morgan fingerprint density at radius 3 is 3.13 bits per heavy atom. The Morgan fingerprint density at radius 1 is 1.23 bits per heavy atom. The molecule has 1 aliphatic rings. The Kier molecular flexibility index (Phi) is 5.21. The van der Waals surface area contributed by atoms with Crippen molar-refractivity contribution in [1.29, 1.82) is 0 Å². The van der Waals surface area contributed by atoms with Gasteiger partial charge in [-0.25, -0.2) is 4.98 Å². The molecule has 0 saturated carbocycles. The predicted octanol–water partition coefficient (Wildman–Crippen LogP) is 3.17. The maximum atomic E-state index is 8.91. The third kappa shape index (κ3) is 3.94. The summed E-state index contributed by atoms with van der Waals surface area (Å²) in [6.45, 7) is 3.10. The van der Waals surface area contributed by atoms with Crippen LogP contribution in [0.1, 0.15) is 12.2 Å². The number of hydrogen-bond donors (Lipinski definition) is 3. The number of aromatic nitrogens is 3. The Labute approximate surface area is 174 Å². The highest BCUT2D eigenvalue weighted by atomic mass is 16.5. The molecule has 1 fully saturated rings. The van der Waals surface area contributed by atoms with Crippen LogP contribution in [0.15, 0.2) is 54.9 Å². The second kappa shape index (κ2) is 8.30. The van der Waals surface area contributed by atoms with Crippen molar-refractivity contribution in [2.24, 2.45) is 0 Å². The molecule has 0 spiro atoms. The number of hydrogen-bond acceptors (Lipinski definition) is 6. The molecule has 1 atom stereocenters. The Balaban J connectivity index is 1.24. The molecule has 4 aromatic rings. The molecule has 5 rings (SSSR count). The number of likely N-dealkylation sites (tertiary alicyclic amines) is 1. The van der Waals surface area contributed by atoms with E-state index in [4.69, 9.17) is 14.8 Å². The van der Waals surface area contributed by atoms with Crippen molar-refractivity contribution in [1.82, 2.24) is 19.9 Å². The van der Waals surface area contributed by atoms with Gasteiger partial charge in [0.25, 0.3) is 0 Å². The van der Waals surface area contributed by atoms with Crippen molar-refractivity contribution < 1.29 is 9.84 Å². The maximum Gasteiger partial charge on any atom is 0.121 e. The van der Waals surface area contributed by atoms with Gasteiger partial charge in [-0.15, -0.1) is 0 Å². The smallest absolute Gasteiger partial charge is 0.121 e.